The van der Waals surface area contributed by atoms with Gasteiger partial charge in [-0.2, -0.15) is 0 Å². The second-order valence-corrected chi connectivity index (χ2v) is 6.93. The first kappa shape index (κ1) is 18.9. The topological polar surface area (TPSA) is 73.9 Å². The highest BCUT2D eigenvalue weighted by Gasteiger charge is 2.40. The third kappa shape index (κ3) is 4.07. The Morgan fingerprint density at radius 1 is 1.17 bits per heavy atom. The predicted octanol–water partition coefficient (Wildman–Crippen LogP) is 2.41. The van der Waals surface area contributed by atoms with Crippen molar-refractivity contribution in [1.29, 1.82) is 0 Å². The summed E-state index contributed by atoms with van der Waals surface area (Å²) in [6, 6.07) is 12.8. The number of nitrogens with zero attached hydrogens (tertiary/aromatic N) is 2. The Kier molecular flexibility index (Phi) is 5.18. The lowest BCUT2D eigenvalue weighted by atomic mass is 10.0. The molecule has 1 saturated heterocycles. The molecule has 2 amide bonds. The van der Waals surface area contributed by atoms with Crippen molar-refractivity contribution in [3.05, 3.63) is 72.3 Å². The molecule has 0 saturated carbocycles. The number of halogens is 1. The maximum atomic E-state index is 13.0. The Bertz CT molecular complexity index is 930. The van der Waals surface area contributed by atoms with Crippen molar-refractivity contribution in [1.82, 2.24) is 15.3 Å². The van der Waals surface area contributed by atoms with E-state index in [1.54, 1.807) is 24.5 Å². The van der Waals surface area contributed by atoms with Crippen molar-refractivity contribution in [3.63, 3.8) is 0 Å². The summed E-state index contributed by atoms with van der Waals surface area (Å²) >= 11 is 0. The first-order valence-electron chi connectivity index (χ1n) is 9.26. The van der Waals surface area contributed by atoms with Crippen LogP contribution >= 0.6 is 0 Å². The number of carbonyl (C=O) groups is 2. The molecule has 0 aliphatic carbocycles. The number of methoxy groups -OCH3 is 1. The fraction of sp³-hybridized carbons (Fsp3) is 0.238. The zero-order valence-electron chi connectivity index (χ0n) is 15.8. The van der Waals surface area contributed by atoms with Crippen molar-refractivity contribution in [3.8, 4) is 5.75 Å². The summed E-state index contributed by atoms with van der Waals surface area (Å²) < 4.78 is 18.2. The van der Waals surface area contributed by atoms with Gasteiger partial charge in [0, 0.05) is 18.1 Å². The van der Waals surface area contributed by atoms with Gasteiger partial charge in [-0.25, -0.2) is 9.82 Å². The maximum absolute atomic E-state index is 13.0. The maximum Gasteiger partial charge on any atom is 0.251 e. The smallest absolute Gasteiger partial charge is 0.251 e. The van der Waals surface area contributed by atoms with Crippen LogP contribution < -0.4 is 15.5 Å². The van der Waals surface area contributed by atoms with Gasteiger partial charge in [-0.15, -0.1) is 0 Å². The van der Waals surface area contributed by atoms with Gasteiger partial charge >= 0.3 is 0 Å². The van der Waals surface area contributed by atoms with Gasteiger partial charge in [-0.3, -0.25) is 9.59 Å². The third-order valence-corrected chi connectivity index (χ3v) is 5.04. The molecule has 0 aromatic heterocycles. The molecule has 8 heteroatoms. The lowest BCUT2D eigenvalue weighted by Crippen LogP contribution is -2.49. The van der Waals surface area contributed by atoms with Crippen LogP contribution in [0.4, 0.5) is 10.1 Å². The molecule has 29 heavy (non-hydrogen) atoms. The summed E-state index contributed by atoms with van der Waals surface area (Å²) in [6.45, 7) is -0.107. The van der Waals surface area contributed by atoms with Crippen LogP contribution in [-0.2, 0) is 9.59 Å². The van der Waals surface area contributed by atoms with Crippen LogP contribution in [-0.4, -0.2) is 41.4 Å². The molecule has 2 aromatic carbocycles. The number of nitrogens with one attached hydrogen (secondary N) is 2. The Balaban J connectivity index is 1.38. The van der Waals surface area contributed by atoms with Crippen LogP contribution in [0.2, 0.25) is 0 Å². The molecule has 1 fully saturated rings. The lowest BCUT2D eigenvalue weighted by Gasteiger charge is -2.31. The Labute approximate surface area is 167 Å². The lowest BCUT2D eigenvalue weighted by molar-refractivity contribution is -0.137. The molecule has 4 rings (SSSR count). The quantitative estimate of drug-likeness (QED) is 0.812. The highest BCUT2D eigenvalue weighted by atomic mass is 19.1. The zero-order valence-corrected chi connectivity index (χ0v) is 15.8. The zero-order chi connectivity index (χ0) is 20.4. The molecular weight excluding hydrogens is 375 g/mol. The monoisotopic (exact) mass is 396 g/mol. The molecule has 2 heterocycles. The summed E-state index contributed by atoms with van der Waals surface area (Å²) in [4.78, 5) is 26.5. The molecule has 2 aliphatic heterocycles. The minimum atomic E-state index is -0.384. The van der Waals surface area contributed by atoms with Crippen LogP contribution in [0.25, 0.3) is 0 Å². The standard InChI is InChI=1S/C21H21FN4O3/c1-29-17-8-2-14(3-9-17)18-12-19-21(28)25(10-11-26(19)24-18)13-20(27)23-16-6-4-15(22)5-7-16/h2-11,18-19,24H,12-13H2,1H3,(H,23,27). The number of ether oxygens (including phenoxy) is 1. The number of anilines is 1. The molecule has 150 valence electrons. The van der Waals surface area contributed by atoms with Gasteiger partial charge in [0.05, 0.1) is 13.2 Å². The number of hydrazine groups is 1. The average molecular weight is 396 g/mol. The van der Waals surface area contributed by atoms with Gasteiger partial charge < -0.3 is 20.0 Å². The van der Waals surface area contributed by atoms with E-state index >= 15 is 0 Å². The molecule has 2 atom stereocenters. The molecule has 2 unspecified atom stereocenters. The van der Waals surface area contributed by atoms with E-state index in [9.17, 15) is 14.0 Å². The van der Waals surface area contributed by atoms with Crippen molar-refractivity contribution >= 4 is 17.5 Å². The van der Waals surface area contributed by atoms with E-state index in [-0.39, 0.29) is 36.3 Å². The van der Waals surface area contributed by atoms with E-state index in [4.69, 9.17) is 4.74 Å². The first-order valence-corrected chi connectivity index (χ1v) is 9.26. The highest BCUT2D eigenvalue weighted by Crippen LogP contribution is 2.31. The summed E-state index contributed by atoms with van der Waals surface area (Å²) in [7, 11) is 1.62. The van der Waals surface area contributed by atoms with Crippen molar-refractivity contribution in [2.24, 2.45) is 0 Å². The largest absolute Gasteiger partial charge is 0.497 e. The summed E-state index contributed by atoms with van der Waals surface area (Å²) in [5, 5.41) is 4.45. The van der Waals surface area contributed by atoms with Crippen molar-refractivity contribution < 1.29 is 18.7 Å². The fourth-order valence-corrected chi connectivity index (χ4v) is 3.51. The highest BCUT2D eigenvalue weighted by molar-refractivity contribution is 5.96. The van der Waals surface area contributed by atoms with Gasteiger partial charge in [0.25, 0.3) is 5.91 Å². The third-order valence-electron chi connectivity index (χ3n) is 5.04. The molecule has 2 N–H and O–H groups in total. The van der Waals surface area contributed by atoms with E-state index in [2.05, 4.69) is 10.7 Å². The van der Waals surface area contributed by atoms with Crippen LogP contribution in [0.15, 0.2) is 60.9 Å². The van der Waals surface area contributed by atoms with Gasteiger partial charge in [-0.05, 0) is 48.4 Å². The fourth-order valence-electron chi connectivity index (χ4n) is 3.51. The summed E-state index contributed by atoms with van der Waals surface area (Å²) in [6.07, 6.45) is 3.94. The second kappa shape index (κ2) is 7.92. The van der Waals surface area contributed by atoms with Crippen LogP contribution in [0, 0.1) is 5.82 Å². The van der Waals surface area contributed by atoms with Gasteiger partial charge in [0.15, 0.2) is 0 Å². The number of carbonyl (C=O) groups excluding carboxylic acids is 2. The normalized spacial score (nSPS) is 20.6. The molecule has 0 bridgehead atoms. The van der Waals surface area contributed by atoms with E-state index in [0.29, 0.717) is 12.1 Å². The van der Waals surface area contributed by atoms with Crippen LogP contribution in [0.1, 0.15) is 18.0 Å². The van der Waals surface area contributed by atoms with E-state index < -0.39 is 0 Å². The number of fused-ring (bicyclic) bond motifs is 1. The molecule has 0 spiro atoms. The van der Waals surface area contributed by atoms with Crippen molar-refractivity contribution in [2.45, 2.75) is 18.5 Å². The first-order chi connectivity index (χ1) is 14.0. The SMILES string of the molecule is COc1ccc(C2CC3C(=O)N(CC(=O)Nc4ccc(F)cc4)C=CN3N2)cc1. The predicted molar refractivity (Wildman–Crippen MR) is 105 cm³/mol. The molecule has 2 aliphatic rings. The Morgan fingerprint density at radius 2 is 1.90 bits per heavy atom. The second-order valence-electron chi connectivity index (χ2n) is 6.93. The van der Waals surface area contributed by atoms with E-state index in [1.807, 2.05) is 24.3 Å². The van der Waals surface area contributed by atoms with Gasteiger partial charge in [-0.1, -0.05) is 12.1 Å². The number of rotatable bonds is 5. The number of benzene rings is 2. The van der Waals surface area contributed by atoms with Crippen molar-refractivity contribution in [2.75, 3.05) is 19.0 Å². The number of hydrogen-bond acceptors (Lipinski definition) is 5. The Hall–Kier alpha value is -3.39. The Morgan fingerprint density at radius 3 is 2.59 bits per heavy atom. The molecular formula is C21H21FN4O3. The average Bonchev–Trinajstić information content (AvgIpc) is 3.17. The summed E-state index contributed by atoms with van der Waals surface area (Å²) in [5.74, 6) is -0.0952. The number of hydrogen-bond donors (Lipinski definition) is 2. The van der Waals surface area contributed by atoms with E-state index in [1.165, 1.54) is 29.2 Å². The van der Waals surface area contributed by atoms with E-state index in [0.717, 1.165) is 11.3 Å². The number of amides is 2. The van der Waals surface area contributed by atoms with Gasteiger partial charge in [0.2, 0.25) is 5.91 Å². The molecule has 0 radical (unpaired) electrons. The summed E-state index contributed by atoms with van der Waals surface area (Å²) in [5.41, 5.74) is 4.86. The van der Waals surface area contributed by atoms with Gasteiger partial charge in [0.1, 0.15) is 24.2 Å². The van der Waals surface area contributed by atoms with Crippen LogP contribution in [0.5, 0.6) is 5.75 Å². The molecule has 2 aromatic rings. The molecule has 7 nitrogen and oxygen atoms in total. The minimum absolute atomic E-state index is 0.00695. The van der Waals surface area contributed by atoms with Crippen LogP contribution in [0.3, 0.4) is 0 Å². The minimum Gasteiger partial charge on any atom is -0.497 e.